The summed E-state index contributed by atoms with van der Waals surface area (Å²) in [4.78, 5) is 45.5. The number of nitrogens with zero attached hydrogens (tertiary/aromatic N) is 1. The molecule has 0 aliphatic rings. The summed E-state index contributed by atoms with van der Waals surface area (Å²) in [5.74, 6) is -1.87. The summed E-state index contributed by atoms with van der Waals surface area (Å²) >= 11 is 0. The zero-order chi connectivity index (χ0) is 21.2. The van der Waals surface area contributed by atoms with Crippen LogP contribution >= 0.6 is 0 Å². The van der Waals surface area contributed by atoms with Crippen LogP contribution in [0.15, 0.2) is 54.6 Å². The van der Waals surface area contributed by atoms with E-state index in [1.54, 1.807) is 13.0 Å². The van der Waals surface area contributed by atoms with Crippen LogP contribution in [0.25, 0.3) is 6.08 Å². The highest BCUT2D eigenvalue weighted by atomic mass is 16.6. The summed E-state index contributed by atoms with van der Waals surface area (Å²) in [6.07, 6.45) is 2.25. The summed E-state index contributed by atoms with van der Waals surface area (Å²) in [5, 5.41) is 13.4. The van der Waals surface area contributed by atoms with E-state index in [9.17, 15) is 24.5 Å². The van der Waals surface area contributed by atoms with Crippen LogP contribution in [0, 0.1) is 10.1 Å². The van der Waals surface area contributed by atoms with Gasteiger partial charge in [-0.15, -0.1) is 0 Å². The first-order chi connectivity index (χ1) is 13.9. The Bertz CT molecular complexity index is 936. The van der Waals surface area contributed by atoms with E-state index in [2.05, 4.69) is 5.32 Å². The first kappa shape index (κ1) is 21.3. The quantitative estimate of drug-likeness (QED) is 0.314. The normalized spacial score (nSPS) is 10.4. The minimum Gasteiger partial charge on any atom is -0.462 e. The van der Waals surface area contributed by atoms with Crippen molar-refractivity contribution in [3.8, 4) is 0 Å². The monoisotopic (exact) mass is 398 g/mol. The number of nitro groups is 1. The average molecular weight is 398 g/mol. The van der Waals surface area contributed by atoms with Gasteiger partial charge >= 0.3 is 11.9 Å². The van der Waals surface area contributed by atoms with Gasteiger partial charge < -0.3 is 14.8 Å². The predicted molar refractivity (Wildman–Crippen MR) is 104 cm³/mol. The van der Waals surface area contributed by atoms with Gasteiger partial charge in [-0.2, -0.15) is 0 Å². The second-order valence-corrected chi connectivity index (χ2v) is 5.60. The third-order valence-electron chi connectivity index (χ3n) is 3.56. The Labute approximate surface area is 166 Å². The Morgan fingerprint density at radius 2 is 1.76 bits per heavy atom. The van der Waals surface area contributed by atoms with E-state index in [1.165, 1.54) is 48.5 Å². The van der Waals surface area contributed by atoms with Gasteiger partial charge in [0.1, 0.15) is 0 Å². The average Bonchev–Trinajstić information content (AvgIpc) is 2.71. The molecule has 0 atom stereocenters. The van der Waals surface area contributed by atoms with Gasteiger partial charge in [0.25, 0.3) is 11.6 Å². The number of hydrogen-bond donors (Lipinski definition) is 1. The molecule has 0 spiro atoms. The maximum absolute atomic E-state index is 11.9. The van der Waals surface area contributed by atoms with Crippen LogP contribution in [0.2, 0.25) is 0 Å². The molecule has 0 fully saturated rings. The van der Waals surface area contributed by atoms with Gasteiger partial charge in [-0.3, -0.25) is 14.9 Å². The molecule has 9 heteroatoms. The van der Waals surface area contributed by atoms with E-state index in [0.29, 0.717) is 11.3 Å². The fourth-order valence-electron chi connectivity index (χ4n) is 2.24. The van der Waals surface area contributed by atoms with E-state index < -0.39 is 29.4 Å². The second-order valence-electron chi connectivity index (χ2n) is 5.60. The number of nitrogens with one attached hydrogen (secondary N) is 1. The number of ether oxygens (including phenoxy) is 2. The van der Waals surface area contributed by atoms with Crippen LogP contribution in [-0.2, 0) is 19.1 Å². The highest BCUT2D eigenvalue weighted by molar-refractivity contribution is 5.95. The number of para-hydroxylation sites is 1. The standard InChI is InChI=1S/C20H18N2O7/c1-2-28-20(25)15-7-10-16(11-8-15)21-18(23)13-29-19(24)12-9-14-5-3-4-6-17(14)22(26)27/h3-12H,2,13H2,1H3,(H,21,23)/b12-9+. The Morgan fingerprint density at radius 1 is 1.07 bits per heavy atom. The van der Waals surface area contributed by atoms with Crippen molar-refractivity contribution in [2.24, 2.45) is 0 Å². The summed E-state index contributed by atoms with van der Waals surface area (Å²) in [6, 6.07) is 11.9. The number of carbonyl (C=O) groups excluding carboxylic acids is 3. The number of nitro benzene ring substituents is 1. The van der Waals surface area contributed by atoms with E-state index in [0.717, 1.165) is 6.08 Å². The molecule has 1 amide bonds. The first-order valence-electron chi connectivity index (χ1n) is 8.56. The van der Waals surface area contributed by atoms with Crippen molar-refractivity contribution in [2.75, 3.05) is 18.5 Å². The number of hydrogen-bond acceptors (Lipinski definition) is 7. The summed E-state index contributed by atoms with van der Waals surface area (Å²) < 4.78 is 9.67. The Balaban J connectivity index is 1.85. The van der Waals surface area contributed by atoms with Gasteiger partial charge in [-0.05, 0) is 43.3 Å². The lowest BCUT2D eigenvalue weighted by molar-refractivity contribution is -0.385. The SMILES string of the molecule is CCOC(=O)c1ccc(NC(=O)COC(=O)/C=C/c2ccccc2[N+](=O)[O-])cc1. The maximum atomic E-state index is 11.9. The molecule has 2 aromatic carbocycles. The van der Waals surface area contributed by atoms with Crippen LogP contribution in [-0.4, -0.2) is 36.0 Å². The van der Waals surface area contributed by atoms with E-state index in [-0.39, 0.29) is 17.9 Å². The maximum Gasteiger partial charge on any atom is 0.338 e. The molecule has 9 nitrogen and oxygen atoms in total. The molecule has 2 rings (SSSR count). The lowest BCUT2D eigenvalue weighted by atomic mass is 10.1. The molecule has 0 heterocycles. The van der Waals surface area contributed by atoms with Gasteiger partial charge in [-0.1, -0.05) is 12.1 Å². The highest BCUT2D eigenvalue weighted by Crippen LogP contribution is 2.18. The lowest BCUT2D eigenvalue weighted by Crippen LogP contribution is -2.20. The molecule has 0 aromatic heterocycles. The zero-order valence-corrected chi connectivity index (χ0v) is 15.5. The molecule has 150 valence electrons. The van der Waals surface area contributed by atoms with Crippen LogP contribution < -0.4 is 5.32 Å². The largest absolute Gasteiger partial charge is 0.462 e. The van der Waals surface area contributed by atoms with Gasteiger partial charge in [0.05, 0.1) is 22.7 Å². The van der Waals surface area contributed by atoms with Gasteiger partial charge in [-0.25, -0.2) is 9.59 Å². The van der Waals surface area contributed by atoms with Crippen molar-refractivity contribution in [1.82, 2.24) is 0 Å². The molecular weight excluding hydrogens is 380 g/mol. The Hall–Kier alpha value is -4.01. The van der Waals surface area contributed by atoms with Crippen LogP contribution in [0.1, 0.15) is 22.8 Å². The predicted octanol–water partition coefficient (Wildman–Crippen LogP) is 2.97. The number of anilines is 1. The highest BCUT2D eigenvalue weighted by Gasteiger charge is 2.11. The second kappa shape index (κ2) is 10.4. The fraction of sp³-hybridized carbons (Fsp3) is 0.150. The number of benzene rings is 2. The van der Waals surface area contributed by atoms with Gasteiger partial charge in [0, 0.05) is 17.8 Å². The van der Waals surface area contributed by atoms with E-state index in [1.807, 2.05) is 0 Å². The van der Waals surface area contributed by atoms with Crippen molar-refractivity contribution in [2.45, 2.75) is 6.92 Å². The molecule has 0 unspecified atom stereocenters. The molecule has 0 saturated carbocycles. The minimum atomic E-state index is -0.823. The summed E-state index contributed by atoms with van der Waals surface area (Å²) in [6.45, 7) is 1.42. The Kier molecular flexibility index (Phi) is 7.60. The van der Waals surface area contributed by atoms with E-state index >= 15 is 0 Å². The molecule has 0 aliphatic heterocycles. The van der Waals surface area contributed by atoms with Gasteiger partial charge in [0.15, 0.2) is 6.61 Å². The molecule has 0 aliphatic carbocycles. The number of rotatable bonds is 8. The first-order valence-corrected chi connectivity index (χ1v) is 8.56. The van der Waals surface area contributed by atoms with Gasteiger partial charge in [0.2, 0.25) is 0 Å². The molecule has 0 bridgehead atoms. The van der Waals surface area contributed by atoms with Crippen molar-refractivity contribution in [1.29, 1.82) is 0 Å². The van der Waals surface area contributed by atoms with Crippen molar-refractivity contribution < 1.29 is 28.8 Å². The molecule has 2 aromatic rings. The number of carbonyl (C=O) groups is 3. The van der Waals surface area contributed by atoms with Crippen LogP contribution in [0.5, 0.6) is 0 Å². The lowest BCUT2D eigenvalue weighted by Gasteiger charge is -2.06. The summed E-state index contributed by atoms with van der Waals surface area (Å²) in [7, 11) is 0. The number of esters is 2. The fourth-order valence-corrected chi connectivity index (χ4v) is 2.24. The minimum absolute atomic E-state index is 0.152. The smallest absolute Gasteiger partial charge is 0.338 e. The molecule has 29 heavy (non-hydrogen) atoms. The molecule has 0 saturated heterocycles. The molecule has 0 radical (unpaired) electrons. The topological polar surface area (TPSA) is 125 Å². The van der Waals surface area contributed by atoms with Crippen LogP contribution in [0.3, 0.4) is 0 Å². The third kappa shape index (κ3) is 6.58. The van der Waals surface area contributed by atoms with E-state index in [4.69, 9.17) is 9.47 Å². The molecular formula is C20H18N2O7. The van der Waals surface area contributed by atoms with Crippen LogP contribution in [0.4, 0.5) is 11.4 Å². The molecule has 1 N–H and O–H groups in total. The number of amides is 1. The summed E-state index contributed by atoms with van der Waals surface area (Å²) in [5.41, 5.74) is 0.840. The Morgan fingerprint density at radius 3 is 2.41 bits per heavy atom. The third-order valence-corrected chi connectivity index (χ3v) is 3.56. The zero-order valence-electron chi connectivity index (χ0n) is 15.5. The van der Waals surface area contributed by atoms with Crippen molar-refractivity contribution >= 4 is 35.3 Å². The van der Waals surface area contributed by atoms with Crippen molar-refractivity contribution in [3.63, 3.8) is 0 Å². The van der Waals surface area contributed by atoms with Crippen molar-refractivity contribution in [3.05, 3.63) is 75.8 Å².